The first-order valence-electron chi connectivity index (χ1n) is 5.64. The van der Waals surface area contributed by atoms with Gasteiger partial charge in [0.15, 0.2) is 5.76 Å². The molecule has 3 aromatic rings. The van der Waals surface area contributed by atoms with E-state index in [9.17, 15) is 9.18 Å². The lowest BCUT2D eigenvalue weighted by Gasteiger charge is -2.05. The van der Waals surface area contributed by atoms with Crippen molar-refractivity contribution in [3.8, 4) is 11.3 Å². The highest BCUT2D eigenvalue weighted by atomic mass is 79.9. The minimum Gasteiger partial charge on any atom is -0.455 e. The quantitative estimate of drug-likeness (QED) is 0.667. The third-order valence-electron chi connectivity index (χ3n) is 2.85. The average Bonchev–Trinajstić information content (AvgIpc) is 2.44. The molecule has 0 N–H and O–H groups in total. The lowest BCUT2D eigenvalue weighted by Crippen LogP contribution is -2.03. The Labute approximate surface area is 116 Å². The molecule has 0 saturated carbocycles. The fraction of sp³-hybridized carbons (Fsp3) is 0. The van der Waals surface area contributed by atoms with Crippen molar-refractivity contribution in [2.24, 2.45) is 0 Å². The molecule has 0 unspecified atom stereocenters. The highest BCUT2D eigenvalue weighted by Gasteiger charge is 2.13. The number of para-hydroxylation sites is 1. The Morgan fingerprint density at radius 3 is 2.42 bits per heavy atom. The molecule has 0 aliphatic carbocycles. The van der Waals surface area contributed by atoms with E-state index in [1.165, 1.54) is 12.1 Å². The molecule has 0 aliphatic heterocycles. The van der Waals surface area contributed by atoms with E-state index in [0.717, 1.165) is 0 Å². The van der Waals surface area contributed by atoms with Gasteiger partial charge in [-0.2, -0.15) is 0 Å². The van der Waals surface area contributed by atoms with E-state index in [4.69, 9.17) is 4.42 Å². The van der Waals surface area contributed by atoms with Crippen LogP contribution in [0.3, 0.4) is 0 Å². The molecule has 2 aromatic carbocycles. The van der Waals surface area contributed by atoms with Crippen molar-refractivity contribution in [2.75, 3.05) is 0 Å². The van der Waals surface area contributed by atoms with E-state index in [1.54, 1.807) is 36.4 Å². The SMILES string of the molecule is O=c1c(Br)c(-c2ccc(F)cc2)oc2ccccc12. The summed E-state index contributed by atoms with van der Waals surface area (Å²) in [5, 5.41) is 0.514. The summed E-state index contributed by atoms with van der Waals surface area (Å²) < 4.78 is 19.0. The first-order chi connectivity index (χ1) is 9.16. The monoisotopic (exact) mass is 318 g/mol. The molecule has 0 aliphatic rings. The molecule has 19 heavy (non-hydrogen) atoms. The number of benzene rings is 2. The normalized spacial score (nSPS) is 10.8. The zero-order chi connectivity index (χ0) is 13.4. The summed E-state index contributed by atoms with van der Waals surface area (Å²) in [5.41, 5.74) is 1.02. The van der Waals surface area contributed by atoms with Gasteiger partial charge in [0.1, 0.15) is 15.9 Å². The Kier molecular flexibility index (Phi) is 2.95. The Balaban J connectivity index is 2.33. The van der Waals surface area contributed by atoms with E-state index in [1.807, 2.05) is 0 Å². The van der Waals surface area contributed by atoms with E-state index in [-0.39, 0.29) is 11.2 Å². The maximum atomic E-state index is 12.9. The molecule has 0 bridgehead atoms. The van der Waals surface area contributed by atoms with Crippen molar-refractivity contribution in [3.05, 3.63) is 69.0 Å². The molecule has 0 amide bonds. The van der Waals surface area contributed by atoms with Gasteiger partial charge in [0.05, 0.1) is 5.39 Å². The lowest BCUT2D eigenvalue weighted by molar-refractivity contribution is 0.613. The van der Waals surface area contributed by atoms with Gasteiger partial charge in [-0.1, -0.05) is 12.1 Å². The summed E-state index contributed by atoms with van der Waals surface area (Å²) in [6.07, 6.45) is 0. The molecular weight excluding hydrogens is 311 g/mol. The van der Waals surface area contributed by atoms with Gasteiger partial charge in [0, 0.05) is 5.56 Å². The van der Waals surface area contributed by atoms with Crippen LogP contribution >= 0.6 is 15.9 Å². The van der Waals surface area contributed by atoms with Crippen LogP contribution in [0.15, 0.2) is 62.2 Å². The summed E-state index contributed by atoms with van der Waals surface area (Å²) in [6, 6.07) is 12.8. The summed E-state index contributed by atoms with van der Waals surface area (Å²) in [5.74, 6) is 0.0757. The van der Waals surface area contributed by atoms with E-state index < -0.39 is 0 Å². The smallest absolute Gasteiger partial charge is 0.207 e. The van der Waals surface area contributed by atoms with Crippen LogP contribution in [0.4, 0.5) is 4.39 Å². The van der Waals surface area contributed by atoms with Crippen LogP contribution in [0, 0.1) is 5.82 Å². The number of hydrogen-bond donors (Lipinski definition) is 0. The van der Waals surface area contributed by atoms with Crippen molar-refractivity contribution < 1.29 is 8.81 Å². The Hall–Kier alpha value is -1.94. The third kappa shape index (κ3) is 2.08. The van der Waals surface area contributed by atoms with Gasteiger partial charge in [-0.3, -0.25) is 4.79 Å². The van der Waals surface area contributed by atoms with Crippen LogP contribution < -0.4 is 5.43 Å². The summed E-state index contributed by atoms with van der Waals surface area (Å²) in [4.78, 5) is 12.2. The predicted octanol–water partition coefficient (Wildman–Crippen LogP) is 4.36. The summed E-state index contributed by atoms with van der Waals surface area (Å²) >= 11 is 3.26. The number of fused-ring (bicyclic) bond motifs is 1. The number of hydrogen-bond acceptors (Lipinski definition) is 2. The van der Waals surface area contributed by atoms with Crippen molar-refractivity contribution in [1.82, 2.24) is 0 Å². The molecule has 1 heterocycles. The van der Waals surface area contributed by atoms with Crippen LogP contribution in [0.25, 0.3) is 22.3 Å². The highest BCUT2D eigenvalue weighted by molar-refractivity contribution is 9.10. The first kappa shape index (κ1) is 12.1. The second-order valence-electron chi connectivity index (χ2n) is 4.08. The van der Waals surface area contributed by atoms with Crippen LogP contribution in [-0.4, -0.2) is 0 Å². The van der Waals surface area contributed by atoms with Crippen molar-refractivity contribution >= 4 is 26.9 Å². The summed E-state index contributed by atoms with van der Waals surface area (Å²) in [7, 11) is 0. The molecule has 3 rings (SSSR count). The van der Waals surface area contributed by atoms with E-state index in [2.05, 4.69) is 15.9 Å². The molecule has 0 atom stereocenters. The van der Waals surface area contributed by atoms with Crippen molar-refractivity contribution in [1.29, 1.82) is 0 Å². The second kappa shape index (κ2) is 4.63. The summed E-state index contributed by atoms with van der Waals surface area (Å²) in [6.45, 7) is 0. The standard InChI is InChI=1S/C15H8BrFO2/c16-13-14(18)11-3-1-2-4-12(11)19-15(13)9-5-7-10(17)8-6-9/h1-8H. The van der Waals surface area contributed by atoms with Crippen LogP contribution in [0.5, 0.6) is 0 Å². The van der Waals surface area contributed by atoms with Crippen LogP contribution in [0.2, 0.25) is 0 Å². The lowest BCUT2D eigenvalue weighted by atomic mass is 10.1. The van der Waals surface area contributed by atoms with Gasteiger partial charge >= 0.3 is 0 Å². The number of rotatable bonds is 1. The largest absolute Gasteiger partial charge is 0.455 e. The fourth-order valence-corrected chi connectivity index (χ4v) is 2.43. The van der Waals surface area contributed by atoms with Crippen molar-refractivity contribution in [2.45, 2.75) is 0 Å². The predicted molar refractivity (Wildman–Crippen MR) is 75.6 cm³/mol. The second-order valence-corrected chi connectivity index (χ2v) is 4.87. The van der Waals surface area contributed by atoms with Crippen LogP contribution in [-0.2, 0) is 0 Å². The molecule has 0 spiro atoms. The Morgan fingerprint density at radius 2 is 1.68 bits per heavy atom. The molecule has 94 valence electrons. The molecular formula is C15H8BrFO2. The Bertz CT molecular complexity index is 806. The molecule has 2 nitrogen and oxygen atoms in total. The van der Waals surface area contributed by atoms with E-state index >= 15 is 0 Å². The average molecular weight is 319 g/mol. The molecule has 0 fully saturated rings. The maximum absolute atomic E-state index is 12.9. The van der Waals surface area contributed by atoms with Crippen molar-refractivity contribution in [3.63, 3.8) is 0 Å². The minimum atomic E-state index is -0.331. The molecule has 1 aromatic heterocycles. The van der Waals surface area contributed by atoms with E-state index in [0.29, 0.717) is 26.8 Å². The topological polar surface area (TPSA) is 30.2 Å². The maximum Gasteiger partial charge on any atom is 0.207 e. The van der Waals surface area contributed by atoms with Gasteiger partial charge in [0.2, 0.25) is 5.43 Å². The zero-order valence-corrected chi connectivity index (χ0v) is 11.3. The molecule has 4 heteroatoms. The van der Waals surface area contributed by atoms with Crippen LogP contribution in [0.1, 0.15) is 0 Å². The number of halogens is 2. The van der Waals surface area contributed by atoms with Gasteiger partial charge in [0.25, 0.3) is 0 Å². The third-order valence-corrected chi connectivity index (χ3v) is 3.57. The fourth-order valence-electron chi connectivity index (χ4n) is 1.91. The van der Waals surface area contributed by atoms with Gasteiger partial charge in [-0.05, 0) is 52.3 Å². The minimum absolute atomic E-state index is 0.138. The van der Waals surface area contributed by atoms with Gasteiger partial charge in [-0.15, -0.1) is 0 Å². The Morgan fingerprint density at radius 1 is 1.00 bits per heavy atom. The first-order valence-corrected chi connectivity index (χ1v) is 6.43. The molecule has 0 saturated heterocycles. The van der Waals surface area contributed by atoms with Gasteiger partial charge < -0.3 is 4.42 Å². The highest BCUT2D eigenvalue weighted by Crippen LogP contribution is 2.29. The molecule has 0 radical (unpaired) electrons. The zero-order valence-electron chi connectivity index (χ0n) is 9.69. The van der Waals surface area contributed by atoms with Gasteiger partial charge in [-0.25, -0.2) is 4.39 Å².